The van der Waals surface area contributed by atoms with Gasteiger partial charge in [-0.3, -0.25) is 9.69 Å². The summed E-state index contributed by atoms with van der Waals surface area (Å²) < 4.78 is 18.9. The third-order valence-electron chi connectivity index (χ3n) is 3.91. The van der Waals surface area contributed by atoms with Crippen LogP contribution in [0.1, 0.15) is 5.56 Å². The summed E-state index contributed by atoms with van der Waals surface area (Å²) in [5.74, 6) is -1.00. The van der Waals surface area contributed by atoms with E-state index >= 15 is 0 Å². The lowest BCUT2D eigenvalue weighted by molar-refractivity contribution is -0.113. The van der Waals surface area contributed by atoms with E-state index in [9.17, 15) is 14.0 Å². The standard InChI is InChI=1S/C19H9ClFNO3S2/c20-13-9-12(5-6-14(13)21)22-17(23)16(27-19(22)26)8-11-7-10-3-1-2-4-15(10)25-18(11)24/h1-9H/b16-8+. The number of thiocarbonyl (C=S) groups is 1. The van der Waals surface area contributed by atoms with Crippen LogP contribution in [0.25, 0.3) is 17.0 Å². The van der Waals surface area contributed by atoms with Crippen LogP contribution in [0.4, 0.5) is 10.1 Å². The van der Waals surface area contributed by atoms with E-state index in [1.807, 2.05) is 6.07 Å². The molecule has 1 aromatic heterocycles. The maximum absolute atomic E-state index is 13.4. The largest absolute Gasteiger partial charge is 0.422 e. The summed E-state index contributed by atoms with van der Waals surface area (Å²) in [5.41, 5.74) is 0.515. The molecule has 27 heavy (non-hydrogen) atoms. The Bertz CT molecular complexity index is 1210. The Labute approximate surface area is 167 Å². The number of anilines is 1. The molecule has 3 aromatic rings. The molecule has 0 bridgehead atoms. The fourth-order valence-corrected chi connectivity index (χ4v) is 4.10. The number of hydrogen-bond donors (Lipinski definition) is 0. The third-order valence-corrected chi connectivity index (χ3v) is 5.50. The van der Waals surface area contributed by atoms with Crippen molar-refractivity contribution in [3.8, 4) is 0 Å². The molecule has 2 heterocycles. The summed E-state index contributed by atoms with van der Waals surface area (Å²) in [7, 11) is 0. The molecule has 4 rings (SSSR count). The second-order valence-corrected chi connectivity index (χ2v) is 7.73. The van der Waals surface area contributed by atoms with E-state index in [0.29, 0.717) is 11.3 Å². The normalized spacial score (nSPS) is 15.9. The molecule has 1 fully saturated rings. The van der Waals surface area contributed by atoms with Crippen molar-refractivity contribution in [2.45, 2.75) is 0 Å². The molecule has 1 aliphatic heterocycles. The molecule has 4 nitrogen and oxygen atoms in total. The number of nitrogens with zero attached hydrogens (tertiary/aromatic N) is 1. The molecule has 1 aliphatic rings. The molecule has 1 amide bonds. The predicted molar refractivity (Wildman–Crippen MR) is 110 cm³/mol. The summed E-state index contributed by atoms with van der Waals surface area (Å²) in [6.07, 6.45) is 1.45. The van der Waals surface area contributed by atoms with Gasteiger partial charge in [0.15, 0.2) is 4.32 Å². The fraction of sp³-hybridized carbons (Fsp3) is 0. The summed E-state index contributed by atoms with van der Waals surface area (Å²) >= 11 is 12.1. The van der Waals surface area contributed by atoms with Crippen LogP contribution < -0.4 is 10.5 Å². The maximum atomic E-state index is 13.4. The van der Waals surface area contributed by atoms with Gasteiger partial charge >= 0.3 is 5.63 Å². The number of thioether (sulfide) groups is 1. The van der Waals surface area contributed by atoms with Gasteiger partial charge in [0.05, 0.1) is 21.2 Å². The summed E-state index contributed by atoms with van der Waals surface area (Å²) in [5, 5.41) is 0.629. The van der Waals surface area contributed by atoms with Gasteiger partial charge < -0.3 is 4.42 Å². The van der Waals surface area contributed by atoms with E-state index in [4.69, 9.17) is 28.2 Å². The molecule has 134 valence electrons. The number of amides is 1. The van der Waals surface area contributed by atoms with E-state index in [2.05, 4.69) is 0 Å². The van der Waals surface area contributed by atoms with Gasteiger partial charge in [-0.05, 0) is 36.4 Å². The predicted octanol–water partition coefficient (Wildman–Crippen LogP) is 4.99. The molecule has 2 aromatic carbocycles. The first-order chi connectivity index (χ1) is 12.9. The molecule has 0 aliphatic carbocycles. The molecule has 8 heteroatoms. The van der Waals surface area contributed by atoms with E-state index < -0.39 is 17.3 Å². The highest BCUT2D eigenvalue weighted by molar-refractivity contribution is 8.27. The molecular formula is C19H9ClFNO3S2. The zero-order valence-electron chi connectivity index (χ0n) is 13.4. The average molecular weight is 418 g/mol. The second-order valence-electron chi connectivity index (χ2n) is 5.64. The van der Waals surface area contributed by atoms with Gasteiger partial charge in [-0.25, -0.2) is 9.18 Å². The Morgan fingerprint density at radius 3 is 2.70 bits per heavy atom. The first-order valence-corrected chi connectivity index (χ1v) is 9.30. The number of hydrogen-bond acceptors (Lipinski definition) is 5. The van der Waals surface area contributed by atoms with Gasteiger partial charge in [-0.1, -0.05) is 53.8 Å². The van der Waals surface area contributed by atoms with Crippen molar-refractivity contribution in [1.82, 2.24) is 0 Å². The highest BCUT2D eigenvalue weighted by Crippen LogP contribution is 2.37. The Kier molecular flexibility index (Phi) is 4.59. The van der Waals surface area contributed by atoms with Crippen LogP contribution in [0.5, 0.6) is 0 Å². The smallest absolute Gasteiger partial charge is 0.343 e. The molecule has 0 radical (unpaired) electrons. The SMILES string of the molecule is O=C1/C(=C\c2cc3ccccc3oc2=O)SC(=S)N1c1ccc(F)c(Cl)c1. The van der Waals surface area contributed by atoms with Crippen molar-refractivity contribution >= 4 is 68.5 Å². The van der Waals surface area contributed by atoms with Crippen molar-refractivity contribution in [2.75, 3.05) is 4.90 Å². The Hall–Kier alpha value is -2.48. The Balaban J connectivity index is 1.74. The molecule has 0 saturated carbocycles. The number of carbonyl (C=O) groups excluding carboxylic acids is 1. The average Bonchev–Trinajstić information content (AvgIpc) is 2.92. The number of halogens is 2. The van der Waals surface area contributed by atoms with E-state index in [1.165, 1.54) is 23.1 Å². The second kappa shape index (κ2) is 6.92. The van der Waals surface area contributed by atoms with Crippen LogP contribution in [0, 0.1) is 5.82 Å². The van der Waals surface area contributed by atoms with E-state index in [-0.39, 0.29) is 19.8 Å². The van der Waals surface area contributed by atoms with Gasteiger partial charge in [-0.15, -0.1) is 0 Å². The first kappa shape index (κ1) is 17.9. The highest BCUT2D eigenvalue weighted by Gasteiger charge is 2.33. The van der Waals surface area contributed by atoms with Crippen molar-refractivity contribution in [3.05, 3.63) is 80.3 Å². The zero-order chi connectivity index (χ0) is 19.1. The lowest BCUT2D eigenvalue weighted by Gasteiger charge is -2.14. The number of rotatable bonds is 2. The number of para-hydroxylation sites is 1. The van der Waals surface area contributed by atoms with Crippen LogP contribution in [-0.2, 0) is 4.79 Å². The molecule has 0 spiro atoms. The van der Waals surface area contributed by atoms with Crippen molar-refractivity contribution in [1.29, 1.82) is 0 Å². The summed E-state index contributed by atoms with van der Waals surface area (Å²) in [6.45, 7) is 0. The Morgan fingerprint density at radius 1 is 1.15 bits per heavy atom. The maximum Gasteiger partial charge on any atom is 0.343 e. The monoisotopic (exact) mass is 417 g/mol. The minimum absolute atomic E-state index is 0.110. The summed E-state index contributed by atoms with van der Waals surface area (Å²) in [6, 6.07) is 12.7. The molecular weight excluding hydrogens is 409 g/mol. The molecule has 0 N–H and O–H groups in total. The van der Waals surface area contributed by atoms with Gasteiger partial charge in [-0.2, -0.15) is 0 Å². The fourth-order valence-electron chi connectivity index (χ4n) is 2.63. The Morgan fingerprint density at radius 2 is 1.93 bits per heavy atom. The van der Waals surface area contributed by atoms with Crippen molar-refractivity contribution in [2.24, 2.45) is 0 Å². The summed E-state index contributed by atoms with van der Waals surface area (Å²) in [4.78, 5) is 26.5. The lowest BCUT2D eigenvalue weighted by Crippen LogP contribution is -2.27. The van der Waals surface area contributed by atoms with Crippen LogP contribution >= 0.6 is 35.6 Å². The van der Waals surface area contributed by atoms with Crippen LogP contribution in [0.3, 0.4) is 0 Å². The van der Waals surface area contributed by atoms with Gasteiger partial charge in [0, 0.05) is 5.39 Å². The zero-order valence-corrected chi connectivity index (χ0v) is 15.8. The number of carbonyl (C=O) groups is 1. The molecule has 0 unspecified atom stereocenters. The van der Waals surface area contributed by atoms with Crippen LogP contribution in [0.15, 0.2) is 62.6 Å². The van der Waals surface area contributed by atoms with Gasteiger partial charge in [0.25, 0.3) is 5.91 Å². The van der Waals surface area contributed by atoms with E-state index in [0.717, 1.165) is 23.2 Å². The topological polar surface area (TPSA) is 50.5 Å². The van der Waals surface area contributed by atoms with Gasteiger partial charge in [0.2, 0.25) is 0 Å². The minimum atomic E-state index is -0.588. The quantitative estimate of drug-likeness (QED) is 0.334. The van der Waals surface area contributed by atoms with Crippen molar-refractivity contribution < 1.29 is 13.6 Å². The number of fused-ring (bicyclic) bond motifs is 1. The van der Waals surface area contributed by atoms with Crippen molar-refractivity contribution in [3.63, 3.8) is 0 Å². The van der Waals surface area contributed by atoms with Crippen LogP contribution in [0.2, 0.25) is 5.02 Å². The number of benzene rings is 2. The first-order valence-electron chi connectivity index (χ1n) is 7.70. The van der Waals surface area contributed by atoms with Gasteiger partial charge in [0.1, 0.15) is 11.4 Å². The molecule has 1 saturated heterocycles. The van der Waals surface area contributed by atoms with E-state index in [1.54, 1.807) is 24.3 Å². The highest BCUT2D eigenvalue weighted by atomic mass is 35.5. The third kappa shape index (κ3) is 3.29. The molecule has 0 atom stereocenters. The lowest BCUT2D eigenvalue weighted by atomic mass is 10.1. The minimum Gasteiger partial charge on any atom is -0.422 e. The van der Waals surface area contributed by atoms with Crippen LogP contribution in [-0.4, -0.2) is 10.2 Å².